The van der Waals surface area contributed by atoms with Crippen molar-refractivity contribution in [3.8, 4) is 0 Å². The van der Waals surface area contributed by atoms with Crippen molar-refractivity contribution in [2.75, 3.05) is 0 Å². The molecule has 0 aromatic rings. The summed E-state index contributed by atoms with van der Waals surface area (Å²) in [5.74, 6) is 0.635. The Balaban J connectivity index is 1.50. The first-order valence-corrected chi connectivity index (χ1v) is 8.35. The summed E-state index contributed by atoms with van der Waals surface area (Å²) in [6, 6.07) is -0.0947. The van der Waals surface area contributed by atoms with Crippen LogP contribution in [0, 0.1) is 23.7 Å². The van der Waals surface area contributed by atoms with E-state index in [0.717, 1.165) is 24.7 Å². The third-order valence-electron chi connectivity index (χ3n) is 5.64. The molecule has 2 fully saturated rings. The number of carboxylic acids is 1. The predicted molar refractivity (Wildman–Crippen MR) is 79.6 cm³/mol. The van der Waals surface area contributed by atoms with Gasteiger partial charge in [-0.05, 0) is 37.5 Å². The molecule has 4 heteroatoms. The van der Waals surface area contributed by atoms with Crippen LogP contribution in [0.2, 0.25) is 0 Å². The number of nitrogens with one attached hydrogen (secondary N) is 1. The van der Waals surface area contributed by atoms with E-state index in [1.807, 2.05) is 6.08 Å². The number of carboxylic acid groups (broad SMARTS) is 1. The number of hydrogen-bond acceptors (Lipinski definition) is 2. The fraction of sp³-hybridized carbons (Fsp3) is 0.765. The van der Waals surface area contributed by atoms with E-state index in [-0.39, 0.29) is 17.9 Å². The molecular weight excluding hydrogens is 266 g/mol. The highest BCUT2D eigenvalue weighted by Gasteiger charge is 2.36. The normalized spacial score (nSPS) is 38.8. The van der Waals surface area contributed by atoms with Crippen molar-refractivity contribution in [2.45, 2.75) is 57.4 Å². The lowest BCUT2D eigenvalue weighted by Crippen LogP contribution is -2.41. The summed E-state index contributed by atoms with van der Waals surface area (Å²) in [5, 5.41) is 12.0. The van der Waals surface area contributed by atoms with Crippen LogP contribution in [0.25, 0.3) is 0 Å². The van der Waals surface area contributed by atoms with E-state index < -0.39 is 11.9 Å². The maximum atomic E-state index is 12.4. The predicted octanol–water partition coefficient (Wildman–Crippen LogP) is 2.74. The van der Waals surface area contributed by atoms with Gasteiger partial charge in [-0.1, -0.05) is 37.8 Å². The van der Waals surface area contributed by atoms with Crippen molar-refractivity contribution in [3.63, 3.8) is 0 Å². The topological polar surface area (TPSA) is 66.4 Å². The van der Waals surface area contributed by atoms with Crippen molar-refractivity contribution in [1.29, 1.82) is 0 Å². The molecule has 116 valence electrons. The fourth-order valence-corrected chi connectivity index (χ4v) is 4.40. The van der Waals surface area contributed by atoms with E-state index in [0.29, 0.717) is 6.42 Å². The minimum atomic E-state index is -0.800. The highest BCUT2D eigenvalue weighted by molar-refractivity contribution is 5.80. The molecule has 3 aliphatic rings. The summed E-state index contributed by atoms with van der Waals surface area (Å²) in [6.45, 7) is 0. The van der Waals surface area contributed by atoms with Crippen molar-refractivity contribution >= 4 is 11.9 Å². The standard InChI is InChI=1S/C17H25NO3/c19-16(18-15-8-7-14(10-15)17(20)21)13-6-5-11-3-1-2-4-12(11)9-13/h7-8,11-15H,1-6,9-10H2,(H,18,19)(H,20,21). The van der Waals surface area contributed by atoms with Crippen molar-refractivity contribution in [1.82, 2.24) is 5.32 Å². The smallest absolute Gasteiger partial charge is 0.310 e. The number of carbonyl (C=O) groups excluding carboxylic acids is 1. The molecule has 5 atom stereocenters. The Labute approximate surface area is 126 Å². The summed E-state index contributed by atoms with van der Waals surface area (Å²) in [5.41, 5.74) is 0. The van der Waals surface area contributed by atoms with Crippen molar-refractivity contribution < 1.29 is 14.7 Å². The average Bonchev–Trinajstić information content (AvgIpc) is 2.95. The summed E-state index contributed by atoms with van der Waals surface area (Å²) in [7, 11) is 0. The second-order valence-electron chi connectivity index (χ2n) is 7.00. The molecule has 0 bridgehead atoms. The molecule has 2 saturated carbocycles. The molecule has 1 amide bonds. The van der Waals surface area contributed by atoms with Gasteiger partial charge < -0.3 is 10.4 Å². The zero-order chi connectivity index (χ0) is 14.8. The first kappa shape index (κ1) is 14.6. The summed E-state index contributed by atoms with van der Waals surface area (Å²) in [6.07, 6.45) is 12.6. The van der Waals surface area contributed by atoms with E-state index in [9.17, 15) is 9.59 Å². The Morgan fingerprint density at radius 2 is 1.71 bits per heavy atom. The van der Waals surface area contributed by atoms with Gasteiger partial charge in [-0.25, -0.2) is 0 Å². The molecule has 0 aliphatic heterocycles. The highest BCUT2D eigenvalue weighted by atomic mass is 16.4. The van der Waals surface area contributed by atoms with Crippen LogP contribution in [0.1, 0.15) is 51.4 Å². The molecule has 3 rings (SSSR count). The third-order valence-corrected chi connectivity index (χ3v) is 5.64. The van der Waals surface area contributed by atoms with Gasteiger partial charge in [0.05, 0.1) is 5.92 Å². The van der Waals surface area contributed by atoms with Crippen LogP contribution in [0.5, 0.6) is 0 Å². The van der Waals surface area contributed by atoms with Gasteiger partial charge in [0.15, 0.2) is 0 Å². The zero-order valence-corrected chi connectivity index (χ0v) is 12.5. The third kappa shape index (κ3) is 3.30. The van der Waals surface area contributed by atoms with E-state index in [1.165, 1.54) is 32.1 Å². The van der Waals surface area contributed by atoms with Crippen LogP contribution in [0.15, 0.2) is 12.2 Å². The fourth-order valence-electron chi connectivity index (χ4n) is 4.40. The summed E-state index contributed by atoms with van der Waals surface area (Å²) < 4.78 is 0. The first-order valence-electron chi connectivity index (χ1n) is 8.35. The zero-order valence-electron chi connectivity index (χ0n) is 12.5. The van der Waals surface area contributed by atoms with Crippen LogP contribution in [0.4, 0.5) is 0 Å². The van der Waals surface area contributed by atoms with Crippen LogP contribution >= 0.6 is 0 Å². The lowest BCUT2D eigenvalue weighted by Gasteiger charge is -2.39. The molecule has 5 unspecified atom stereocenters. The van der Waals surface area contributed by atoms with Gasteiger partial charge in [0.25, 0.3) is 0 Å². The Morgan fingerprint density at radius 1 is 0.952 bits per heavy atom. The van der Waals surface area contributed by atoms with Crippen molar-refractivity contribution in [2.24, 2.45) is 23.7 Å². The van der Waals surface area contributed by atoms with E-state index in [2.05, 4.69) is 5.32 Å². The van der Waals surface area contributed by atoms with Gasteiger partial charge >= 0.3 is 5.97 Å². The molecule has 3 aliphatic carbocycles. The van der Waals surface area contributed by atoms with Gasteiger partial charge in [-0.15, -0.1) is 0 Å². The van der Waals surface area contributed by atoms with E-state index in [1.54, 1.807) is 6.08 Å². The average molecular weight is 291 g/mol. The molecule has 0 saturated heterocycles. The molecule has 0 heterocycles. The first-order chi connectivity index (χ1) is 10.1. The molecule has 0 spiro atoms. The van der Waals surface area contributed by atoms with Crippen LogP contribution in [0.3, 0.4) is 0 Å². The quantitative estimate of drug-likeness (QED) is 0.786. The lowest BCUT2D eigenvalue weighted by atomic mass is 9.67. The van der Waals surface area contributed by atoms with Crippen LogP contribution in [-0.2, 0) is 9.59 Å². The SMILES string of the molecule is O=C(O)C1C=CC(NC(=O)C2CCC3CCCCC3C2)C1. The Kier molecular flexibility index (Phi) is 4.32. The van der Waals surface area contributed by atoms with Crippen LogP contribution < -0.4 is 5.32 Å². The summed E-state index contributed by atoms with van der Waals surface area (Å²) in [4.78, 5) is 23.3. The lowest BCUT2D eigenvalue weighted by molar-refractivity contribution is -0.140. The number of amides is 1. The van der Waals surface area contributed by atoms with Gasteiger partial charge in [-0.3, -0.25) is 9.59 Å². The molecule has 2 N–H and O–H groups in total. The molecule has 0 aromatic heterocycles. The van der Waals surface area contributed by atoms with Gasteiger partial charge in [-0.2, -0.15) is 0 Å². The molecule has 0 aromatic carbocycles. The van der Waals surface area contributed by atoms with Gasteiger partial charge in [0.2, 0.25) is 5.91 Å². The van der Waals surface area contributed by atoms with E-state index in [4.69, 9.17) is 5.11 Å². The minimum absolute atomic E-state index is 0.0947. The van der Waals surface area contributed by atoms with Crippen molar-refractivity contribution in [3.05, 3.63) is 12.2 Å². The Bertz CT molecular complexity index is 445. The minimum Gasteiger partial charge on any atom is -0.481 e. The highest BCUT2D eigenvalue weighted by Crippen LogP contribution is 2.42. The number of fused-ring (bicyclic) bond motifs is 1. The van der Waals surface area contributed by atoms with Crippen LogP contribution in [-0.4, -0.2) is 23.0 Å². The largest absolute Gasteiger partial charge is 0.481 e. The maximum absolute atomic E-state index is 12.4. The number of carbonyl (C=O) groups is 2. The maximum Gasteiger partial charge on any atom is 0.310 e. The monoisotopic (exact) mass is 291 g/mol. The molecule has 0 radical (unpaired) electrons. The summed E-state index contributed by atoms with van der Waals surface area (Å²) >= 11 is 0. The Morgan fingerprint density at radius 3 is 2.43 bits per heavy atom. The molecular formula is C17H25NO3. The van der Waals surface area contributed by atoms with Gasteiger partial charge in [0.1, 0.15) is 0 Å². The Hall–Kier alpha value is -1.32. The van der Waals surface area contributed by atoms with E-state index >= 15 is 0 Å². The van der Waals surface area contributed by atoms with Gasteiger partial charge in [0, 0.05) is 12.0 Å². The number of hydrogen-bond donors (Lipinski definition) is 2. The molecule has 4 nitrogen and oxygen atoms in total. The number of aliphatic carboxylic acids is 1. The second-order valence-corrected chi connectivity index (χ2v) is 7.00. The number of rotatable bonds is 3. The second kappa shape index (κ2) is 6.20. The molecule has 21 heavy (non-hydrogen) atoms.